The molecule has 17 heavy (non-hydrogen) atoms. The first-order valence-corrected chi connectivity index (χ1v) is 5.91. The fraction of sp³-hybridized carbons (Fsp3) is 0.538. The molecule has 2 N–H and O–H groups in total. The zero-order valence-corrected chi connectivity index (χ0v) is 10.6. The van der Waals surface area contributed by atoms with Gasteiger partial charge >= 0.3 is 0 Å². The van der Waals surface area contributed by atoms with Crippen LogP contribution in [0.15, 0.2) is 18.2 Å². The van der Waals surface area contributed by atoms with Crippen molar-refractivity contribution in [3.05, 3.63) is 18.2 Å². The van der Waals surface area contributed by atoms with E-state index in [4.69, 9.17) is 15.2 Å². The van der Waals surface area contributed by atoms with Gasteiger partial charge in [-0.1, -0.05) is 0 Å². The number of methoxy groups -OCH3 is 1. The lowest BCUT2D eigenvalue weighted by Gasteiger charge is -2.29. The molecule has 2 atom stereocenters. The van der Waals surface area contributed by atoms with Gasteiger partial charge in [-0.15, -0.1) is 0 Å². The van der Waals surface area contributed by atoms with E-state index in [1.54, 1.807) is 7.11 Å². The minimum Gasteiger partial charge on any atom is -0.497 e. The van der Waals surface area contributed by atoms with Gasteiger partial charge in [-0.3, -0.25) is 0 Å². The standard InChI is InChI=1S/C13H20N2O2/c1-9-13(4-5-17-9)15(2)11-6-10(14)7-12(8-11)16-3/h6-9,13H,4-5,14H2,1-3H3. The highest BCUT2D eigenvalue weighted by Crippen LogP contribution is 2.29. The van der Waals surface area contributed by atoms with E-state index >= 15 is 0 Å². The number of nitrogens with two attached hydrogens (primary N) is 1. The third kappa shape index (κ3) is 2.47. The van der Waals surface area contributed by atoms with Crippen molar-refractivity contribution in [3.8, 4) is 5.75 Å². The molecule has 4 heteroatoms. The smallest absolute Gasteiger partial charge is 0.122 e. The zero-order chi connectivity index (χ0) is 12.4. The molecule has 4 nitrogen and oxygen atoms in total. The van der Waals surface area contributed by atoms with E-state index in [0.29, 0.717) is 6.04 Å². The van der Waals surface area contributed by atoms with Crippen LogP contribution in [0, 0.1) is 0 Å². The largest absolute Gasteiger partial charge is 0.497 e. The topological polar surface area (TPSA) is 47.7 Å². The minimum absolute atomic E-state index is 0.257. The van der Waals surface area contributed by atoms with Crippen LogP contribution in [0.3, 0.4) is 0 Å². The summed E-state index contributed by atoms with van der Waals surface area (Å²) in [4.78, 5) is 2.22. The number of benzene rings is 1. The summed E-state index contributed by atoms with van der Waals surface area (Å²) < 4.78 is 10.8. The van der Waals surface area contributed by atoms with Crippen molar-refractivity contribution >= 4 is 11.4 Å². The second-order valence-electron chi connectivity index (χ2n) is 4.51. The number of ether oxygens (including phenoxy) is 2. The van der Waals surface area contributed by atoms with Gasteiger partial charge in [0.15, 0.2) is 0 Å². The molecule has 0 amide bonds. The molecular formula is C13H20N2O2. The molecule has 1 heterocycles. The van der Waals surface area contributed by atoms with Gasteiger partial charge in [0.2, 0.25) is 0 Å². The Balaban J connectivity index is 2.23. The fourth-order valence-electron chi connectivity index (χ4n) is 2.35. The summed E-state index contributed by atoms with van der Waals surface area (Å²) >= 11 is 0. The number of likely N-dealkylation sites (N-methyl/N-ethyl adjacent to an activating group) is 1. The number of nitrogens with zero attached hydrogens (tertiary/aromatic N) is 1. The van der Waals surface area contributed by atoms with E-state index in [9.17, 15) is 0 Å². The summed E-state index contributed by atoms with van der Waals surface area (Å²) in [5, 5.41) is 0. The van der Waals surface area contributed by atoms with E-state index < -0.39 is 0 Å². The normalized spacial score (nSPS) is 23.7. The molecule has 1 saturated heterocycles. The number of anilines is 2. The molecule has 0 saturated carbocycles. The van der Waals surface area contributed by atoms with Gasteiger partial charge < -0.3 is 20.1 Å². The van der Waals surface area contributed by atoms with Crippen molar-refractivity contribution in [2.24, 2.45) is 0 Å². The van der Waals surface area contributed by atoms with E-state index in [2.05, 4.69) is 18.9 Å². The van der Waals surface area contributed by atoms with Crippen LogP contribution in [-0.4, -0.2) is 32.9 Å². The molecular weight excluding hydrogens is 216 g/mol. The Labute approximate surface area is 102 Å². The lowest BCUT2D eigenvalue weighted by molar-refractivity contribution is 0.118. The van der Waals surface area contributed by atoms with Crippen LogP contribution in [0.25, 0.3) is 0 Å². The van der Waals surface area contributed by atoms with Crippen molar-refractivity contribution in [2.75, 3.05) is 31.4 Å². The molecule has 1 aliphatic rings. The monoisotopic (exact) mass is 236 g/mol. The minimum atomic E-state index is 0.257. The van der Waals surface area contributed by atoms with Crippen LogP contribution in [0.4, 0.5) is 11.4 Å². The molecule has 0 aliphatic carbocycles. The average molecular weight is 236 g/mol. The molecule has 2 rings (SSSR count). The number of rotatable bonds is 3. The predicted molar refractivity (Wildman–Crippen MR) is 69.6 cm³/mol. The first-order valence-electron chi connectivity index (χ1n) is 5.91. The molecule has 2 unspecified atom stereocenters. The molecule has 1 aromatic carbocycles. The second kappa shape index (κ2) is 4.84. The van der Waals surface area contributed by atoms with Crippen LogP contribution >= 0.6 is 0 Å². The summed E-state index contributed by atoms with van der Waals surface area (Å²) in [6, 6.07) is 6.20. The Bertz CT molecular complexity index is 395. The Morgan fingerprint density at radius 2 is 2.18 bits per heavy atom. The SMILES string of the molecule is COc1cc(N)cc(N(C)C2CCOC2C)c1. The molecule has 1 aliphatic heterocycles. The van der Waals surface area contributed by atoms with Crippen LogP contribution in [0.2, 0.25) is 0 Å². The quantitative estimate of drug-likeness (QED) is 0.814. The van der Waals surface area contributed by atoms with Crippen molar-refractivity contribution in [1.29, 1.82) is 0 Å². The molecule has 0 radical (unpaired) electrons. The number of nitrogen functional groups attached to an aromatic ring is 1. The Morgan fingerprint density at radius 1 is 1.41 bits per heavy atom. The fourth-order valence-corrected chi connectivity index (χ4v) is 2.35. The Kier molecular flexibility index (Phi) is 3.43. The van der Waals surface area contributed by atoms with Crippen molar-refractivity contribution in [2.45, 2.75) is 25.5 Å². The van der Waals surface area contributed by atoms with Crippen LogP contribution < -0.4 is 15.4 Å². The third-order valence-electron chi connectivity index (χ3n) is 3.39. The van der Waals surface area contributed by atoms with Gasteiger partial charge in [0.25, 0.3) is 0 Å². The summed E-state index contributed by atoms with van der Waals surface area (Å²) in [6.45, 7) is 2.94. The highest BCUT2D eigenvalue weighted by molar-refractivity contribution is 5.60. The Morgan fingerprint density at radius 3 is 2.76 bits per heavy atom. The van der Waals surface area contributed by atoms with Gasteiger partial charge in [0.1, 0.15) is 5.75 Å². The maximum Gasteiger partial charge on any atom is 0.122 e. The molecule has 0 bridgehead atoms. The van der Waals surface area contributed by atoms with Gasteiger partial charge in [-0.05, 0) is 19.4 Å². The predicted octanol–water partition coefficient (Wildman–Crippen LogP) is 1.89. The summed E-state index contributed by atoms with van der Waals surface area (Å²) in [5.74, 6) is 0.790. The molecule has 1 aromatic rings. The van der Waals surface area contributed by atoms with Crippen LogP contribution in [-0.2, 0) is 4.74 Å². The summed E-state index contributed by atoms with van der Waals surface area (Å²) in [6.07, 6.45) is 1.31. The lowest BCUT2D eigenvalue weighted by Crippen LogP contribution is -2.36. The molecule has 0 spiro atoms. The van der Waals surface area contributed by atoms with E-state index in [0.717, 1.165) is 30.2 Å². The van der Waals surface area contributed by atoms with Crippen LogP contribution in [0.1, 0.15) is 13.3 Å². The van der Waals surface area contributed by atoms with E-state index in [1.807, 2.05) is 18.2 Å². The first-order chi connectivity index (χ1) is 8.11. The lowest BCUT2D eigenvalue weighted by atomic mass is 10.1. The first kappa shape index (κ1) is 12.0. The molecule has 94 valence electrons. The third-order valence-corrected chi connectivity index (χ3v) is 3.39. The Hall–Kier alpha value is -1.42. The zero-order valence-electron chi connectivity index (χ0n) is 10.6. The number of hydrogen-bond acceptors (Lipinski definition) is 4. The van der Waals surface area contributed by atoms with Gasteiger partial charge in [-0.2, -0.15) is 0 Å². The highest BCUT2D eigenvalue weighted by Gasteiger charge is 2.28. The second-order valence-corrected chi connectivity index (χ2v) is 4.51. The van der Waals surface area contributed by atoms with Crippen LogP contribution in [0.5, 0.6) is 5.75 Å². The molecule has 0 aromatic heterocycles. The van der Waals surface area contributed by atoms with Gasteiger partial charge in [0.05, 0.1) is 19.3 Å². The summed E-state index contributed by atoms with van der Waals surface area (Å²) in [5.41, 5.74) is 7.66. The average Bonchev–Trinajstić information content (AvgIpc) is 2.73. The van der Waals surface area contributed by atoms with Gasteiger partial charge in [-0.25, -0.2) is 0 Å². The maximum absolute atomic E-state index is 5.87. The van der Waals surface area contributed by atoms with Gasteiger partial charge in [0, 0.05) is 37.2 Å². The van der Waals surface area contributed by atoms with Crippen molar-refractivity contribution in [1.82, 2.24) is 0 Å². The van der Waals surface area contributed by atoms with E-state index in [-0.39, 0.29) is 6.10 Å². The van der Waals surface area contributed by atoms with Crippen molar-refractivity contribution in [3.63, 3.8) is 0 Å². The highest BCUT2D eigenvalue weighted by atomic mass is 16.5. The van der Waals surface area contributed by atoms with E-state index in [1.165, 1.54) is 0 Å². The maximum atomic E-state index is 5.87. The summed E-state index contributed by atoms with van der Waals surface area (Å²) in [7, 11) is 3.73. The van der Waals surface area contributed by atoms with Crippen molar-refractivity contribution < 1.29 is 9.47 Å². The number of hydrogen-bond donors (Lipinski definition) is 1. The molecule has 1 fully saturated rings.